The first kappa shape index (κ1) is 17.8. The molecule has 2 rings (SSSR count). The van der Waals surface area contributed by atoms with Gasteiger partial charge >= 0.3 is 0 Å². The molecule has 0 saturated heterocycles. The zero-order valence-electron chi connectivity index (χ0n) is 11.5. The van der Waals surface area contributed by atoms with Crippen LogP contribution < -0.4 is 10.0 Å². The second-order valence-corrected chi connectivity index (χ2v) is 7.47. The summed E-state index contributed by atoms with van der Waals surface area (Å²) in [6, 6.07) is 2.88. The summed E-state index contributed by atoms with van der Waals surface area (Å²) in [6.45, 7) is -0.215. The van der Waals surface area contributed by atoms with Gasteiger partial charge in [-0.3, -0.25) is 9.52 Å². The predicted octanol–water partition coefficient (Wildman–Crippen LogP) is 2.25. The Hall–Kier alpha value is -1.55. The second-order valence-electron chi connectivity index (χ2n) is 4.47. The average Bonchev–Trinajstić information content (AvgIpc) is 2.78. The Kier molecular flexibility index (Phi) is 5.35. The molecule has 0 saturated carbocycles. The summed E-state index contributed by atoms with van der Waals surface area (Å²) in [5.74, 6) is -0.477. The number of amides is 1. The molecule has 0 fully saturated rings. The number of nitrogens with zero attached hydrogens (tertiary/aromatic N) is 3. The van der Waals surface area contributed by atoms with Gasteiger partial charge in [0.05, 0.1) is 28.2 Å². The van der Waals surface area contributed by atoms with Crippen molar-refractivity contribution in [1.29, 1.82) is 0 Å². The molecular weight excluding hydrogens is 389 g/mol. The number of nitrogens with one attached hydrogen (secondary N) is 2. The van der Waals surface area contributed by atoms with E-state index in [9.17, 15) is 13.2 Å². The van der Waals surface area contributed by atoms with Gasteiger partial charge in [0.1, 0.15) is 6.54 Å². The van der Waals surface area contributed by atoms with E-state index in [-0.39, 0.29) is 28.1 Å². The fourth-order valence-corrected chi connectivity index (χ4v) is 2.98. The maximum atomic E-state index is 12.0. The van der Waals surface area contributed by atoms with Crippen molar-refractivity contribution in [1.82, 2.24) is 15.0 Å². The Morgan fingerprint density at radius 1 is 1.26 bits per heavy atom. The van der Waals surface area contributed by atoms with Gasteiger partial charge in [0.2, 0.25) is 15.9 Å². The third kappa shape index (κ3) is 5.24. The van der Waals surface area contributed by atoms with Crippen LogP contribution in [0.25, 0.3) is 0 Å². The summed E-state index contributed by atoms with van der Waals surface area (Å²) in [7, 11) is -3.47. The van der Waals surface area contributed by atoms with Crippen LogP contribution in [0.2, 0.25) is 15.1 Å². The molecule has 1 aromatic carbocycles. The topological polar surface area (TPSA) is 106 Å². The molecule has 0 atom stereocenters. The molecule has 2 aromatic rings. The van der Waals surface area contributed by atoms with Gasteiger partial charge in [0.25, 0.3) is 0 Å². The van der Waals surface area contributed by atoms with Crippen molar-refractivity contribution < 1.29 is 13.2 Å². The number of carbonyl (C=O) groups is 1. The molecule has 0 aliphatic heterocycles. The number of carbonyl (C=O) groups excluding carboxylic acids is 1. The second kappa shape index (κ2) is 6.91. The van der Waals surface area contributed by atoms with Crippen LogP contribution in [-0.2, 0) is 21.4 Å². The van der Waals surface area contributed by atoms with Crippen LogP contribution in [0.3, 0.4) is 0 Å². The number of hydrogen-bond acceptors (Lipinski definition) is 5. The van der Waals surface area contributed by atoms with Gasteiger partial charge in [-0.1, -0.05) is 40.0 Å². The van der Waals surface area contributed by atoms with E-state index in [0.29, 0.717) is 5.02 Å². The molecule has 2 N–H and O–H groups in total. The van der Waals surface area contributed by atoms with E-state index in [1.54, 1.807) is 0 Å². The van der Waals surface area contributed by atoms with Crippen molar-refractivity contribution >= 4 is 62.2 Å². The number of hydrogen-bond donors (Lipinski definition) is 2. The van der Waals surface area contributed by atoms with Crippen LogP contribution in [0.15, 0.2) is 18.3 Å². The highest BCUT2D eigenvalue weighted by Gasteiger charge is 2.13. The summed E-state index contributed by atoms with van der Waals surface area (Å²) in [6.07, 6.45) is 2.25. The van der Waals surface area contributed by atoms with E-state index in [1.165, 1.54) is 18.3 Å². The van der Waals surface area contributed by atoms with E-state index >= 15 is 0 Å². The molecule has 0 spiro atoms. The molecule has 8 nitrogen and oxygen atoms in total. The highest BCUT2D eigenvalue weighted by Crippen LogP contribution is 2.33. The first-order chi connectivity index (χ1) is 10.6. The van der Waals surface area contributed by atoms with E-state index in [4.69, 9.17) is 34.8 Å². The summed E-state index contributed by atoms with van der Waals surface area (Å²) in [5, 5.41) is 10.5. The standard InChI is InChI=1S/C11H10Cl3N5O3S/c1-23(21,22)17-9-4-19(18-16-9)5-10(20)15-11-7(13)2-6(12)3-8(11)14/h2-4,17H,5H2,1H3,(H,15,20). The average molecular weight is 399 g/mol. The lowest BCUT2D eigenvalue weighted by Crippen LogP contribution is -2.19. The quantitative estimate of drug-likeness (QED) is 0.803. The number of rotatable bonds is 5. The summed E-state index contributed by atoms with van der Waals surface area (Å²) >= 11 is 17.7. The lowest BCUT2D eigenvalue weighted by Gasteiger charge is -2.09. The molecule has 1 amide bonds. The summed E-state index contributed by atoms with van der Waals surface area (Å²) < 4.78 is 25.4. The maximum Gasteiger partial charge on any atom is 0.246 e. The van der Waals surface area contributed by atoms with Gasteiger partial charge in [-0.05, 0) is 12.1 Å². The number of sulfonamides is 1. The molecule has 0 bridgehead atoms. The third-order valence-electron chi connectivity index (χ3n) is 2.41. The Bertz CT molecular complexity index is 829. The maximum absolute atomic E-state index is 12.0. The molecule has 0 radical (unpaired) electrons. The molecule has 0 unspecified atom stereocenters. The van der Waals surface area contributed by atoms with Crippen molar-refractivity contribution in [3.8, 4) is 0 Å². The lowest BCUT2D eigenvalue weighted by atomic mass is 10.3. The molecule has 1 aromatic heterocycles. The number of benzene rings is 1. The van der Waals surface area contributed by atoms with Gasteiger partial charge in [-0.15, -0.1) is 5.10 Å². The van der Waals surface area contributed by atoms with Crippen LogP contribution in [0.4, 0.5) is 11.5 Å². The smallest absolute Gasteiger partial charge is 0.246 e. The summed E-state index contributed by atoms with van der Waals surface area (Å²) in [5.41, 5.74) is 0.220. The molecule has 124 valence electrons. The first-order valence-electron chi connectivity index (χ1n) is 5.96. The fraction of sp³-hybridized carbons (Fsp3) is 0.182. The minimum Gasteiger partial charge on any atom is -0.322 e. The number of halogens is 3. The van der Waals surface area contributed by atoms with Crippen LogP contribution >= 0.6 is 34.8 Å². The van der Waals surface area contributed by atoms with Gasteiger partial charge in [-0.25, -0.2) is 13.1 Å². The Labute approximate surface area is 146 Å². The van der Waals surface area contributed by atoms with E-state index in [2.05, 4.69) is 20.4 Å². The van der Waals surface area contributed by atoms with Gasteiger partial charge < -0.3 is 5.32 Å². The lowest BCUT2D eigenvalue weighted by molar-refractivity contribution is -0.116. The highest BCUT2D eigenvalue weighted by atomic mass is 35.5. The van der Waals surface area contributed by atoms with E-state index < -0.39 is 15.9 Å². The van der Waals surface area contributed by atoms with Crippen LogP contribution in [0, 0.1) is 0 Å². The largest absolute Gasteiger partial charge is 0.322 e. The molecule has 0 aliphatic rings. The fourth-order valence-electron chi connectivity index (χ4n) is 1.60. The van der Waals surface area contributed by atoms with Gasteiger partial charge in [0, 0.05) is 5.02 Å². The van der Waals surface area contributed by atoms with Crippen LogP contribution in [-0.4, -0.2) is 35.6 Å². The minimum atomic E-state index is -3.47. The monoisotopic (exact) mass is 397 g/mol. The van der Waals surface area contributed by atoms with Crippen molar-refractivity contribution in [2.24, 2.45) is 0 Å². The molecular formula is C11H10Cl3N5O3S. The highest BCUT2D eigenvalue weighted by molar-refractivity contribution is 7.92. The Balaban J connectivity index is 2.06. The predicted molar refractivity (Wildman–Crippen MR) is 88.6 cm³/mol. The molecule has 0 aliphatic carbocycles. The first-order valence-corrected chi connectivity index (χ1v) is 8.99. The molecule has 12 heteroatoms. The van der Waals surface area contributed by atoms with Crippen molar-refractivity contribution in [3.05, 3.63) is 33.4 Å². The number of anilines is 2. The van der Waals surface area contributed by atoms with Crippen LogP contribution in [0.5, 0.6) is 0 Å². The SMILES string of the molecule is CS(=O)(=O)Nc1cn(CC(=O)Nc2c(Cl)cc(Cl)cc2Cl)nn1. The minimum absolute atomic E-state index is 0.00265. The van der Waals surface area contributed by atoms with Gasteiger partial charge in [0.15, 0.2) is 5.82 Å². The zero-order chi connectivity index (χ0) is 17.2. The van der Waals surface area contributed by atoms with Crippen molar-refractivity contribution in [2.75, 3.05) is 16.3 Å². The number of aromatic nitrogens is 3. The van der Waals surface area contributed by atoms with Crippen molar-refractivity contribution in [2.45, 2.75) is 6.54 Å². The van der Waals surface area contributed by atoms with E-state index in [0.717, 1.165) is 10.9 Å². The van der Waals surface area contributed by atoms with Crippen molar-refractivity contribution in [3.63, 3.8) is 0 Å². The zero-order valence-corrected chi connectivity index (χ0v) is 14.6. The normalized spacial score (nSPS) is 11.3. The van der Waals surface area contributed by atoms with E-state index in [1.807, 2.05) is 0 Å². The van der Waals surface area contributed by atoms with Gasteiger partial charge in [-0.2, -0.15) is 0 Å². The Morgan fingerprint density at radius 3 is 2.43 bits per heavy atom. The molecule has 1 heterocycles. The van der Waals surface area contributed by atoms with Crippen LogP contribution in [0.1, 0.15) is 0 Å². The Morgan fingerprint density at radius 2 is 1.87 bits per heavy atom. The molecule has 23 heavy (non-hydrogen) atoms. The summed E-state index contributed by atoms with van der Waals surface area (Å²) in [4.78, 5) is 12.0. The third-order valence-corrected chi connectivity index (χ3v) is 3.80.